The van der Waals surface area contributed by atoms with Crippen LogP contribution in [0.4, 0.5) is 0 Å². The summed E-state index contributed by atoms with van der Waals surface area (Å²) in [6.07, 6.45) is 0.693. The van der Waals surface area contributed by atoms with Crippen LogP contribution in [0.25, 0.3) is 0 Å². The number of hydrogen-bond donors (Lipinski definition) is 0. The first kappa shape index (κ1) is 11.6. The van der Waals surface area contributed by atoms with Gasteiger partial charge in [-0.15, -0.1) is 0 Å². The second-order valence-electron chi connectivity index (χ2n) is 2.38. The third kappa shape index (κ3) is 7.65. The Morgan fingerprint density at radius 2 is 2.17 bits per heavy atom. The molecule has 0 aromatic rings. The Labute approximate surface area is 72.8 Å². The minimum Gasteiger partial charge on any atom is -0.382 e. The van der Waals surface area contributed by atoms with E-state index in [0.717, 1.165) is 6.29 Å². The molecule has 72 valence electrons. The van der Waals surface area contributed by atoms with Crippen molar-refractivity contribution in [3.8, 4) is 0 Å². The van der Waals surface area contributed by atoms with Crippen molar-refractivity contribution < 1.29 is 19.0 Å². The summed E-state index contributed by atoms with van der Waals surface area (Å²) in [6.45, 7) is 3.63. The maximum Gasteiger partial charge on any atom is 0.145 e. The number of carbonyl (C=O) groups excluding carboxylic acids is 1. The van der Waals surface area contributed by atoms with Crippen LogP contribution in [0.2, 0.25) is 0 Å². The lowest BCUT2D eigenvalue weighted by molar-refractivity contribution is -0.114. The predicted molar refractivity (Wildman–Crippen MR) is 44.2 cm³/mol. The predicted octanol–water partition coefficient (Wildman–Crippen LogP) is 0.253. The van der Waals surface area contributed by atoms with Crippen molar-refractivity contribution in [2.24, 2.45) is 0 Å². The van der Waals surface area contributed by atoms with Crippen molar-refractivity contribution in [2.45, 2.75) is 13.0 Å². The molecule has 0 saturated carbocycles. The van der Waals surface area contributed by atoms with Gasteiger partial charge >= 0.3 is 0 Å². The van der Waals surface area contributed by atoms with Crippen molar-refractivity contribution in [3.05, 3.63) is 0 Å². The number of methoxy groups -OCH3 is 1. The number of aldehydes is 1. The molecular formula is C8H16O4. The molecule has 0 aliphatic heterocycles. The van der Waals surface area contributed by atoms with E-state index < -0.39 is 0 Å². The molecule has 1 unspecified atom stereocenters. The average molecular weight is 176 g/mol. The van der Waals surface area contributed by atoms with Gasteiger partial charge in [0.1, 0.15) is 12.9 Å². The smallest absolute Gasteiger partial charge is 0.145 e. The summed E-state index contributed by atoms with van der Waals surface area (Å²) in [5, 5.41) is 0. The van der Waals surface area contributed by atoms with Gasteiger partial charge in [-0.2, -0.15) is 0 Å². The first-order valence-corrected chi connectivity index (χ1v) is 3.93. The van der Waals surface area contributed by atoms with Gasteiger partial charge in [0.2, 0.25) is 0 Å². The molecule has 12 heavy (non-hydrogen) atoms. The van der Waals surface area contributed by atoms with E-state index in [4.69, 9.17) is 14.2 Å². The fraction of sp³-hybridized carbons (Fsp3) is 0.875. The Morgan fingerprint density at radius 1 is 1.42 bits per heavy atom. The van der Waals surface area contributed by atoms with E-state index in [1.807, 2.05) is 6.92 Å². The highest BCUT2D eigenvalue weighted by Crippen LogP contribution is 1.90. The lowest BCUT2D eigenvalue weighted by Gasteiger charge is -2.10. The first-order valence-electron chi connectivity index (χ1n) is 3.93. The van der Waals surface area contributed by atoms with Crippen LogP contribution in [0.5, 0.6) is 0 Å². The van der Waals surface area contributed by atoms with E-state index in [2.05, 4.69) is 0 Å². The summed E-state index contributed by atoms with van der Waals surface area (Å²) in [5.74, 6) is 0. The third-order valence-corrected chi connectivity index (χ3v) is 1.23. The lowest BCUT2D eigenvalue weighted by atomic mass is 10.4. The zero-order chi connectivity index (χ0) is 9.23. The average Bonchev–Trinajstić information content (AvgIpc) is 2.09. The molecule has 0 saturated heterocycles. The van der Waals surface area contributed by atoms with Crippen molar-refractivity contribution >= 4 is 6.29 Å². The summed E-state index contributed by atoms with van der Waals surface area (Å²) >= 11 is 0. The maximum atomic E-state index is 9.90. The third-order valence-electron chi connectivity index (χ3n) is 1.23. The topological polar surface area (TPSA) is 44.8 Å². The summed E-state index contributed by atoms with van der Waals surface area (Å²) in [6, 6.07) is 0. The fourth-order valence-electron chi connectivity index (χ4n) is 0.643. The van der Waals surface area contributed by atoms with Crippen LogP contribution in [0.15, 0.2) is 0 Å². The highest BCUT2D eigenvalue weighted by atomic mass is 16.5. The molecule has 0 N–H and O–H groups in total. The molecule has 4 nitrogen and oxygen atoms in total. The Hall–Kier alpha value is -0.450. The van der Waals surface area contributed by atoms with Gasteiger partial charge < -0.3 is 19.0 Å². The van der Waals surface area contributed by atoms with E-state index in [0.29, 0.717) is 19.8 Å². The van der Waals surface area contributed by atoms with E-state index in [1.54, 1.807) is 7.11 Å². The van der Waals surface area contributed by atoms with Gasteiger partial charge in [-0.05, 0) is 6.92 Å². The fourth-order valence-corrected chi connectivity index (χ4v) is 0.643. The number of hydrogen-bond acceptors (Lipinski definition) is 4. The Balaban J connectivity index is 3.07. The standard InChI is InChI=1S/C8H16O4/c1-8(12-4-3-9)7-11-6-5-10-2/h3,8H,4-7H2,1-2H3. The van der Waals surface area contributed by atoms with Gasteiger partial charge in [0.05, 0.1) is 25.9 Å². The molecule has 0 aromatic carbocycles. The van der Waals surface area contributed by atoms with Gasteiger partial charge in [-0.1, -0.05) is 0 Å². The quantitative estimate of drug-likeness (QED) is 0.393. The highest BCUT2D eigenvalue weighted by molar-refractivity contribution is 5.50. The van der Waals surface area contributed by atoms with Gasteiger partial charge in [-0.3, -0.25) is 0 Å². The van der Waals surface area contributed by atoms with E-state index in [-0.39, 0.29) is 12.7 Å². The minimum atomic E-state index is -0.0351. The molecule has 4 heteroatoms. The Morgan fingerprint density at radius 3 is 2.75 bits per heavy atom. The molecule has 0 fully saturated rings. The molecule has 0 aliphatic carbocycles. The van der Waals surface area contributed by atoms with Crippen molar-refractivity contribution in [3.63, 3.8) is 0 Å². The SMILES string of the molecule is COCCOCC(C)OCC=O. The van der Waals surface area contributed by atoms with Crippen LogP contribution in [0.1, 0.15) is 6.92 Å². The maximum absolute atomic E-state index is 9.90. The van der Waals surface area contributed by atoms with E-state index in [1.165, 1.54) is 0 Å². The first-order chi connectivity index (χ1) is 5.81. The molecule has 0 aliphatic rings. The molecule has 0 bridgehead atoms. The van der Waals surface area contributed by atoms with Crippen molar-refractivity contribution in [2.75, 3.05) is 33.5 Å². The van der Waals surface area contributed by atoms with Crippen LogP contribution in [0.3, 0.4) is 0 Å². The summed E-state index contributed by atoms with van der Waals surface area (Å²) in [4.78, 5) is 9.90. The molecule has 0 spiro atoms. The lowest BCUT2D eigenvalue weighted by Crippen LogP contribution is -2.18. The molecule has 0 aromatic heterocycles. The molecule has 1 atom stereocenters. The Kier molecular flexibility index (Phi) is 8.32. The summed E-state index contributed by atoms with van der Waals surface area (Å²) < 4.78 is 15.0. The minimum absolute atomic E-state index is 0.0351. The van der Waals surface area contributed by atoms with Gasteiger partial charge in [0, 0.05) is 7.11 Å². The van der Waals surface area contributed by atoms with Crippen LogP contribution >= 0.6 is 0 Å². The second-order valence-corrected chi connectivity index (χ2v) is 2.38. The van der Waals surface area contributed by atoms with E-state index >= 15 is 0 Å². The van der Waals surface area contributed by atoms with Crippen LogP contribution in [-0.2, 0) is 19.0 Å². The molecule has 0 rings (SSSR count). The molecule has 0 radical (unpaired) electrons. The van der Waals surface area contributed by atoms with Gasteiger partial charge in [-0.25, -0.2) is 0 Å². The van der Waals surface area contributed by atoms with Gasteiger partial charge in [0.15, 0.2) is 0 Å². The zero-order valence-electron chi connectivity index (χ0n) is 7.62. The monoisotopic (exact) mass is 176 g/mol. The van der Waals surface area contributed by atoms with Crippen LogP contribution in [0, 0.1) is 0 Å². The zero-order valence-corrected chi connectivity index (χ0v) is 7.62. The summed E-state index contributed by atoms with van der Waals surface area (Å²) in [5.41, 5.74) is 0. The number of rotatable bonds is 8. The molecular weight excluding hydrogens is 160 g/mol. The van der Waals surface area contributed by atoms with Gasteiger partial charge in [0.25, 0.3) is 0 Å². The van der Waals surface area contributed by atoms with Crippen molar-refractivity contribution in [1.29, 1.82) is 0 Å². The molecule has 0 heterocycles. The summed E-state index contributed by atoms with van der Waals surface area (Å²) in [7, 11) is 1.62. The number of carbonyl (C=O) groups is 1. The van der Waals surface area contributed by atoms with Crippen molar-refractivity contribution in [1.82, 2.24) is 0 Å². The van der Waals surface area contributed by atoms with E-state index in [9.17, 15) is 4.79 Å². The second kappa shape index (κ2) is 8.64. The Bertz CT molecular complexity index is 105. The normalized spacial score (nSPS) is 12.8. The largest absolute Gasteiger partial charge is 0.382 e. The molecule has 0 amide bonds. The van der Waals surface area contributed by atoms with Crippen LogP contribution < -0.4 is 0 Å². The van der Waals surface area contributed by atoms with Crippen LogP contribution in [-0.4, -0.2) is 45.9 Å². The number of ether oxygens (including phenoxy) is 3. The highest BCUT2D eigenvalue weighted by Gasteiger charge is 2.00.